The molecule has 1 amide bonds. The van der Waals surface area contributed by atoms with Gasteiger partial charge in [-0.15, -0.1) is 5.10 Å². The Hall–Kier alpha value is -3.75. The van der Waals surface area contributed by atoms with Crippen LogP contribution in [0, 0.1) is 0 Å². The molecule has 27 heavy (non-hydrogen) atoms. The molecule has 3 aromatic rings. The van der Waals surface area contributed by atoms with E-state index in [-0.39, 0.29) is 18.6 Å². The van der Waals surface area contributed by atoms with Gasteiger partial charge in [-0.2, -0.15) is 9.67 Å². The van der Waals surface area contributed by atoms with Gasteiger partial charge in [0.2, 0.25) is 18.7 Å². The van der Waals surface area contributed by atoms with Gasteiger partial charge in [-0.25, -0.2) is 0 Å². The van der Waals surface area contributed by atoms with E-state index in [1.54, 1.807) is 44.4 Å². The number of fused-ring (bicyclic) bond motifs is 1. The first-order chi connectivity index (χ1) is 13.0. The van der Waals surface area contributed by atoms with E-state index < -0.39 is 0 Å². The fourth-order valence-corrected chi connectivity index (χ4v) is 2.67. The lowest BCUT2D eigenvalue weighted by atomic mass is 10.2. The summed E-state index contributed by atoms with van der Waals surface area (Å²) in [5.74, 6) is 1.86. The Bertz CT molecular complexity index is 997. The number of nitrogens with one attached hydrogen (secondary N) is 1. The van der Waals surface area contributed by atoms with Gasteiger partial charge in [-0.1, -0.05) is 0 Å². The minimum absolute atomic E-state index is 0.0710. The summed E-state index contributed by atoms with van der Waals surface area (Å²) in [5, 5.41) is 7.47. The summed E-state index contributed by atoms with van der Waals surface area (Å²) in [5.41, 5.74) is 8.03. The predicted molar refractivity (Wildman–Crippen MR) is 99.6 cm³/mol. The number of anilines is 3. The normalized spacial score (nSPS) is 12.1. The van der Waals surface area contributed by atoms with Gasteiger partial charge in [0.05, 0.1) is 5.69 Å². The predicted octanol–water partition coefficient (Wildman–Crippen LogP) is 2.02. The molecule has 9 heteroatoms. The molecule has 0 spiro atoms. The number of carbonyl (C=O) groups is 1. The molecule has 0 fully saturated rings. The summed E-state index contributed by atoms with van der Waals surface area (Å²) >= 11 is 0. The van der Waals surface area contributed by atoms with E-state index in [2.05, 4.69) is 15.4 Å². The summed E-state index contributed by atoms with van der Waals surface area (Å²) in [6, 6.07) is 12.4. The van der Waals surface area contributed by atoms with Crippen LogP contribution < -0.4 is 20.5 Å². The number of ether oxygens (including phenoxy) is 2. The molecule has 2 heterocycles. The topological polar surface area (TPSA) is 108 Å². The molecule has 1 aromatic heterocycles. The third kappa shape index (κ3) is 3.22. The van der Waals surface area contributed by atoms with Gasteiger partial charge in [0.25, 0.3) is 5.91 Å². The molecule has 0 bridgehead atoms. The molecule has 9 nitrogen and oxygen atoms in total. The Balaban J connectivity index is 1.55. The highest BCUT2D eigenvalue weighted by molar-refractivity contribution is 5.94. The number of nitrogens with zero attached hydrogens (tertiary/aromatic N) is 4. The fraction of sp³-hybridized carbons (Fsp3) is 0.167. The molecule has 0 atom stereocenters. The number of hydrogen-bond donors (Lipinski definition) is 2. The third-order valence-corrected chi connectivity index (χ3v) is 4.03. The second kappa shape index (κ2) is 6.52. The quantitative estimate of drug-likeness (QED) is 0.727. The first kappa shape index (κ1) is 16.7. The lowest BCUT2D eigenvalue weighted by Gasteiger charge is -2.10. The third-order valence-electron chi connectivity index (χ3n) is 4.03. The molecular formula is C18H18N6O3. The second-order valence-electron chi connectivity index (χ2n) is 6.14. The van der Waals surface area contributed by atoms with Crippen molar-refractivity contribution in [1.29, 1.82) is 0 Å². The molecule has 4 rings (SSSR count). The molecule has 0 saturated carbocycles. The summed E-state index contributed by atoms with van der Waals surface area (Å²) in [6.07, 6.45) is 0. The highest BCUT2D eigenvalue weighted by Gasteiger charge is 2.15. The van der Waals surface area contributed by atoms with Crippen LogP contribution in [0.3, 0.4) is 0 Å². The number of carbonyl (C=O) groups excluding carboxylic acids is 1. The smallest absolute Gasteiger partial charge is 0.253 e. The van der Waals surface area contributed by atoms with Crippen molar-refractivity contribution in [2.75, 3.05) is 31.9 Å². The number of nitrogen functional groups attached to an aromatic ring is 1. The van der Waals surface area contributed by atoms with Crippen LogP contribution in [-0.4, -0.2) is 46.5 Å². The molecule has 0 radical (unpaired) electrons. The van der Waals surface area contributed by atoms with E-state index in [9.17, 15) is 4.79 Å². The number of hydrogen-bond acceptors (Lipinski definition) is 7. The number of benzene rings is 2. The van der Waals surface area contributed by atoms with Crippen LogP contribution in [-0.2, 0) is 0 Å². The number of amides is 1. The van der Waals surface area contributed by atoms with E-state index in [1.807, 2.05) is 12.1 Å². The lowest BCUT2D eigenvalue weighted by Crippen LogP contribution is -2.21. The Morgan fingerprint density at radius 3 is 2.63 bits per heavy atom. The van der Waals surface area contributed by atoms with Gasteiger partial charge in [-0.3, -0.25) is 4.79 Å². The minimum atomic E-state index is -0.0710. The highest BCUT2D eigenvalue weighted by Crippen LogP contribution is 2.34. The van der Waals surface area contributed by atoms with Crippen molar-refractivity contribution in [1.82, 2.24) is 19.7 Å². The van der Waals surface area contributed by atoms with E-state index >= 15 is 0 Å². The standard InChI is InChI=1S/C18H18N6O3/c1-23(2)16(25)11-3-6-13(7-4-11)24-17(19)21-18(22-24)20-12-5-8-14-15(9-12)27-10-26-14/h3-9H,10H2,1-2H3,(H3,19,20,21,22). The molecule has 1 aliphatic rings. The second-order valence-corrected chi connectivity index (χ2v) is 6.14. The minimum Gasteiger partial charge on any atom is -0.454 e. The van der Waals surface area contributed by atoms with Gasteiger partial charge in [-0.05, 0) is 36.4 Å². The zero-order chi connectivity index (χ0) is 19.0. The molecule has 2 aromatic carbocycles. The van der Waals surface area contributed by atoms with Gasteiger partial charge in [0.15, 0.2) is 11.5 Å². The Morgan fingerprint density at radius 2 is 1.89 bits per heavy atom. The Morgan fingerprint density at radius 1 is 1.15 bits per heavy atom. The van der Waals surface area contributed by atoms with E-state index in [4.69, 9.17) is 15.2 Å². The zero-order valence-corrected chi connectivity index (χ0v) is 14.8. The molecule has 0 unspecified atom stereocenters. The van der Waals surface area contributed by atoms with Crippen molar-refractivity contribution >= 4 is 23.5 Å². The van der Waals surface area contributed by atoms with Crippen LogP contribution in [0.1, 0.15) is 10.4 Å². The van der Waals surface area contributed by atoms with Gasteiger partial charge in [0, 0.05) is 31.4 Å². The monoisotopic (exact) mass is 366 g/mol. The van der Waals surface area contributed by atoms with E-state index in [0.717, 1.165) is 5.69 Å². The summed E-state index contributed by atoms with van der Waals surface area (Å²) in [4.78, 5) is 17.7. The molecule has 1 aliphatic heterocycles. The van der Waals surface area contributed by atoms with E-state index in [1.165, 1.54) is 9.58 Å². The van der Waals surface area contributed by atoms with E-state index in [0.29, 0.717) is 28.7 Å². The first-order valence-corrected chi connectivity index (χ1v) is 8.22. The van der Waals surface area contributed by atoms with Crippen molar-refractivity contribution in [2.24, 2.45) is 0 Å². The maximum Gasteiger partial charge on any atom is 0.253 e. The number of rotatable bonds is 4. The van der Waals surface area contributed by atoms with Gasteiger partial charge >= 0.3 is 0 Å². The SMILES string of the molecule is CN(C)C(=O)c1ccc(-n2nc(Nc3ccc4c(c3)OCO4)nc2N)cc1. The van der Waals surface area contributed by atoms with Crippen LogP contribution in [0.15, 0.2) is 42.5 Å². The first-order valence-electron chi connectivity index (χ1n) is 8.22. The highest BCUT2D eigenvalue weighted by atomic mass is 16.7. The van der Waals surface area contributed by atoms with Crippen LogP contribution in [0.5, 0.6) is 11.5 Å². The average molecular weight is 366 g/mol. The maximum atomic E-state index is 12.0. The number of aromatic nitrogens is 3. The molecule has 0 aliphatic carbocycles. The van der Waals surface area contributed by atoms with Crippen LogP contribution in [0.2, 0.25) is 0 Å². The summed E-state index contributed by atoms with van der Waals surface area (Å²) in [6.45, 7) is 0.213. The number of nitrogens with two attached hydrogens (primary N) is 1. The fourth-order valence-electron chi connectivity index (χ4n) is 2.67. The zero-order valence-electron chi connectivity index (χ0n) is 14.8. The van der Waals surface area contributed by atoms with Gasteiger partial charge < -0.3 is 25.4 Å². The largest absolute Gasteiger partial charge is 0.454 e. The summed E-state index contributed by atoms with van der Waals surface area (Å²) < 4.78 is 12.2. The molecule has 0 saturated heterocycles. The van der Waals surface area contributed by atoms with Crippen molar-refractivity contribution in [3.05, 3.63) is 48.0 Å². The van der Waals surface area contributed by atoms with Crippen LogP contribution in [0.25, 0.3) is 5.69 Å². The van der Waals surface area contributed by atoms with Crippen molar-refractivity contribution in [3.63, 3.8) is 0 Å². The Kier molecular flexibility index (Phi) is 4.03. The van der Waals surface area contributed by atoms with Crippen molar-refractivity contribution in [3.8, 4) is 17.2 Å². The van der Waals surface area contributed by atoms with Crippen LogP contribution in [0.4, 0.5) is 17.6 Å². The van der Waals surface area contributed by atoms with Gasteiger partial charge in [0.1, 0.15) is 0 Å². The van der Waals surface area contributed by atoms with Crippen molar-refractivity contribution in [2.45, 2.75) is 0 Å². The maximum absolute atomic E-state index is 12.0. The molecule has 3 N–H and O–H groups in total. The Labute approximate surface area is 155 Å². The van der Waals surface area contributed by atoms with Crippen LogP contribution >= 0.6 is 0 Å². The molecule has 138 valence electrons. The lowest BCUT2D eigenvalue weighted by molar-refractivity contribution is 0.0827. The molecular weight excluding hydrogens is 348 g/mol. The van der Waals surface area contributed by atoms with Crippen molar-refractivity contribution < 1.29 is 14.3 Å². The summed E-state index contributed by atoms with van der Waals surface area (Å²) in [7, 11) is 3.42. The average Bonchev–Trinajstić information content (AvgIpc) is 3.27.